The van der Waals surface area contributed by atoms with E-state index in [2.05, 4.69) is 12.0 Å². The fraction of sp³-hybridized carbons (Fsp3) is 0.375. The Morgan fingerprint density at radius 3 is 2.41 bits per heavy atom. The van der Waals surface area contributed by atoms with Crippen molar-refractivity contribution in [2.24, 2.45) is 0 Å². The monoisotopic (exact) mass is 389 g/mol. The summed E-state index contributed by atoms with van der Waals surface area (Å²) in [5, 5.41) is 5.77. The van der Waals surface area contributed by atoms with Crippen LogP contribution < -0.4 is 5.56 Å². The molecular weight excluding hydrogens is 362 g/mol. The molecule has 29 heavy (non-hydrogen) atoms. The van der Waals surface area contributed by atoms with E-state index in [-0.39, 0.29) is 17.5 Å². The van der Waals surface area contributed by atoms with E-state index in [1.165, 1.54) is 4.68 Å². The third-order valence-corrected chi connectivity index (χ3v) is 5.49. The summed E-state index contributed by atoms with van der Waals surface area (Å²) < 4.78 is 1.48. The number of amides is 1. The van der Waals surface area contributed by atoms with Crippen molar-refractivity contribution < 1.29 is 4.79 Å². The molecular formula is C24H27N3O2. The van der Waals surface area contributed by atoms with Crippen LogP contribution in [0.1, 0.15) is 55.1 Å². The fourth-order valence-corrected chi connectivity index (χ4v) is 3.73. The molecule has 1 aliphatic carbocycles. The molecule has 0 unspecified atom stereocenters. The van der Waals surface area contributed by atoms with Gasteiger partial charge in [-0.25, -0.2) is 4.68 Å². The molecule has 1 heterocycles. The van der Waals surface area contributed by atoms with E-state index in [0.29, 0.717) is 29.6 Å². The minimum atomic E-state index is -0.116. The van der Waals surface area contributed by atoms with Gasteiger partial charge in [0, 0.05) is 24.5 Å². The molecule has 150 valence electrons. The molecule has 1 amide bonds. The van der Waals surface area contributed by atoms with E-state index < -0.39 is 0 Å². The van der Waals surface area contributed by atoms with Gasteiger partial charge in [-0.1, -0.05) is 68.3 Å². The van der Waals surface area contributed by atoms with Gasteiger partial charge in [-0.05, 0) is 30.9 Å². The zero-order valence-electron chi connectivity index (χ0n) is 16.9. The van der Waals surface area contributed by atoms with Crippen LogP contribution in [0.5, 0.6) is 0 Å². The maximum absolute atomic E-state index is 13.6. The summed E-state index contributed by atoms with van der Waals surface area (Å²) in [6, 6.07) is 17.6. The predicted octanol–water partition coefficient (Wildman–Crippen LogP) is 4.39. The number of hydrogen-bond acceptors (Lipinski definition) is 3. The number of nitrogens with zero attached hydrogens (tertiary/aromatic N) is 3. The Bertz CT molecular complexity index is 1050. The van der Waals surface area contributed by atoms with Gasteiger partial charge < -0.3 is 4.90 Å². The van der Waals surface area contributed by atoms with Crippen LogP contribution in [0.4, 0.5) is 0 Å². The summed E-state index contributed by atoms with van der Waals surface area (Å²) in [5.74, 6) is -0.0863. The Kier molecular flexibility index (Phi) is 5.74. The highest BCUT2D eigenvalue weighted by Crippen LogP contribution is 2.30. The molecule has 5 nitrogen and oxygen atoms in total. The summed E-state index contributed by atoms with van der Waals surface area (Å²) in [4.78, 5) is 28.4. The van der Waals surface area contributed by atoms with Crippen molar-refractivity contribution in [3.63, 3.8) is 0 Å². The molecule has 2 aromatic carbocycles. The number of rotatable bonds is 8. The van der Waals surface area contributed by atoms with Gasteiger partial charge in [0.1, 0.15) is 0 Å². The molecule has 0 spiro atoms. The van der Waals surface area contributed by atoms with Gasteiger partial charge in [-0.15, -0.1) is 0 Å². The van der Waals surface area contributed by atoms with Crippen molar-refractivity contribution in [3.05, 3.63) is 76.2 Å². The van der Waals surface area contributed by atoms with Gasteiger partial charge in [0.15, 0.2) is 5.69 Å². The van der Waals surface area contributed by atoms with Gasteiger partial charge in [-0.2, -0.15) is 5.10 Å². The Morgan fingerprint density at radius 1 is 1.03 bits per heavy atom. The number of carbonyl (C=O) groups excluding carboxylic acids is 1. The predicted molar refractivity (Wildman–Crippen MR) is 115 cm³/mol. The van der Waals surface area contributed by atoms with Crippen molar-refractivity contribution >= 4 is 16.7 Å². The van der Waals surface area contributed by atoms with Gasteiger partial charge >= 0.3 is 0 Å². The maximum Gasteiger partial charge on any atom is 0.275 e. The summed E-state index contributed by atoms with van der Waals surface area (Å²) in [6.45, 7) is 3.23. The molecule has 5 heteroatoms. The summed E-state index contributed by atoms with van der Waals surface area (Å²) in [5.41, 5.74) is 1.38. The van der Waals surface area contributed by atoms with E-state index in [9.17, 15) is 9.59 Å². The molecule has 0 N–H and O–H groups in total. The van der Waals surface area contributed by atoms with Gasteiger partial charge in [0.05, 0.1) is 5.39 Å². The second-order valence-electron chi connectivity index (χ2n) is 7.78. The quantitative estimate of drug-likeness (QED) is 0.537. The minimum absolute atomic E-state index is 0.0863. The lowest BCUT2D eigenvalue weighted by molar-refractivity contribution is 0.0723. The lowest BCUT2D eigenvalue weighted by Gasteiger charge is -2.23. The van der Waals surface area contributed by atoms with Gasteiger partial charge in [0.2, 0.25) is 0 Å². The number of hydrogen-bond donors (Lipinski definition) is 0. The van der Waals surface area contributed by atoms with Crippen LogP contribution in [-0.2, 0) is 13.1 Å². The first-order valence-corrected chi connectivity index (χ1v) is 10.5. The number of benzene rings is 2. The molecule has 3 aromatic rings. The lowest BCUT2D eigenvalue weighted by atomic mass is 10.1. The van der Waals surface area contributed by atoms with Gasteiger partial charge in [0.25, 0.3) is 11.5 Å². The van der Waals surface area contributed by atoms with Crippen LogP contribution in [0.25, 0.3) is 10.8 Å². The standard InChI is InChI=1S/C24H27N3O2/c1-2-3-9-16-27-23(28)21-13-8-7-12-20(21)22(25-27)24(29)26(19-14-15-19)17-18-10-5-4-6-11-18/h4-8,10-13,19H,2-3,9,14-17H2,1H3. The molecule has 1 aromatic heterocycles. The first kappa shape index (κ1) is 19.4. The highest BCUT2D eigenvalue weighted by atomic mass is 16.2. The maximum atomic E-state index is 13.6. The first-order valence-electron chi connectivity index (χ1n) is 10.5. The van der Waals surface area contributed by atoms with Gasteiger partial charge in [-0.3, -0.25) is 9.59 Å². The summed E-state index contributed by atoms with van der Waals surface area (Å²) in [7, 11) is 0. The molecule has 0 bridgehead atoms. The fourth-order valence-electron chi connectivity index (χ4n) is 3.73. The SMILES string of the molecule is CCCCCn1nc(C(=O)N(Cc2ccccc2)C2CC2)c2ccccc2c1=O. The summed E-state index contributed by atoms with van der Waals surface area (Å²) >= 11 is 0. The average Bonchev–Trinajstić information content (AvgIpc) is 3.59. The second kappa shape index (κ2) is 8.60. The first-order chi connectivity index (χ1) is 14.2. The van der Waals surface area contributed by atoms with Crippen molar-refractivity contribution in [3.8, 4) is 0 Å². The van der Waals surface area contributed by atoms with E-state index in [1.807, 2.05) is 53.4 Å². The van der Waals surface area contributed by atoms with Crippen LogP contribution in [0.15, 0.2) is 59.4 Å². The lowest BCUT2D eigenvalue weighted by Crippen LogP contribution is -2.35. The summed E-state index contributed by atoms with van der Waals surface area (Å²) in [6.07, 6.45) is 5.03. The van der Waals surface area contributed by atoms with Crippen molar-refractivity contribution in [2.75, 3.05) is 0 Å². The van der Waals surface area contributed by atoms with E-state index in [1.54, 1.807) is 6.07 Å². The number of unbranched alkanes of at least 4 members (excludes halogenated alkanes) is 2. The molecule has 4 rings (SSSR count). The Hall–Kier alpha value is -2.95. The van der Waals surface area contributed by atoms with Crippen LogP contribution >= 0.6 is 0 Å². The minimum Gasteiger partial charge on any atom is -0.330 e. The van der Waals surface area contributed by atoms with Crippen LogP contribution in [0.3, 0.4) is 0 Å². The van der Waals surface area contributed by atoms with E-state index >= 15 is 0 Å². The number of aromatic nitrogens is 2. The molecule has 0 aliphatic heterocycles. The zero-order chi connectivity index (χ0) is 20.2. The van der Waals surface area contributed by atoms with Crippen LogP contribution in [0.2, 0.25) is 0 Å². The number of aryl methyl sites for hydroxylation is 1. The van der Waals surface area contributed by atoms with E-state index in [0.717, 1.165) is 37.7 Å². The molecule has 0 atom stereocenters. The Morgan fingerprint density at radius 2 is 1.72 bits per heavy atom. The topological polar surface area (TPSA) is 55.2 Å². The smallest absolute Gasteiger partial charge is 0.275 e. The second-order valence-corrected chi connectivity index (χ2v) is 7.78. The zero-order valence-corrected chi connectivity index (χ0v) is 16.9. The van der Waals surface area contributed by atoms with Crippen molar-refractivity contribution in [1.29, 1.82) is 0 Å². The third kappa shape index (κ3) is 4.24. The normalized spacial score (nSPS) is 13.6. The highest BCUT2D eigenvalue weighted by Gasteiger charge is 2.34. The Balaban J connectivity index is 1.73. The van der Waals surface area contributed by atoms with Crippen molar-refractivity contribution in [1.82, 2.24) is 14.7 Å². The average molecular weight is 389 g/mol. The number of carbonyl (C=O) groups is 1. The third-order valence-electron chi connectivity index (χ3n) is 5.49. The largest absolute Gasteiger partial charge is 0.330 e. The molecule has 0 saturated heterocycles. The number of fused-ring (bicyclic) bond motifs is 1. The molecule has 1 saturated carbocycles. The molecule has 0 radical (unpaired) electrons. The van der Waals surface area contributed by atoms with Crippen LogP contribution in [0, 0.1) is 0 Å². The molecule has 1 fully saturated rings. The van der Waals surface area contributed by atoms with Crippen LogP contribution in [-0.4, -0.2) is 26.6 Å². The van der Waals surface area contributed by atoms with Crippen molar-refractivity contribution in [2.45, 2.75) is 58.2 Å². The highest BCUT2D eigenvalue weighted by molar-refractivity contribution is 6.05. The van der Waals surface area contributed by atoms with E-state index in [4.69, 9.17) is 0 Å². The molecule has 1 aliphatic rings. The Labute approximate surface area is 171 Å².